The van der Waals surface area contributed by atoms with E-state index in [1.165, 1.54) is 4.68 Å². The lowest BCUT2D eigenvalue weighted by atomic mass is 10.1. The van der Waals surface area contributed by atoms with Crippen LogP contribution < -0.4 is 5.56 Å². The van der Waals surface area contributed by atoms with Crippen LogP contribution in [0.25, 0.3) is 21.3 Å². The Kier molecular flexibility index (Phi) is 6.06. The topological polar surface area (TPSA) is 64.4 Å². The van der Waals surface area contributed by atoms with Crippen LogP contribution in [-0.4, -0.2) is 27.6 Å². The lowest BCUT2D eigenvalue weighted by Crippen LogP contribution is -2.31. The number of aliphatic hydroxyl groups is 1. The van der Waals surface area contributed by atoms with E-state index in [9.17, 15) is 9.90 Å². The van der Waals surface area contributed by atoms with Crippen LogP contribution in [0.5, 0.6) is 0 Å². The van der Waals surface area contributed by atoms with Gasteiger partial charge < -0.3 is 9.84 Å². The van der Waals surface area contributed by atoms with E-state index < -0.39 is 6.10 Å². The second-order valence-corrected chi connectivity index (χ2v) is 7.97. The number of thiophene rings is 1. The van der Waals surface area contributed by atoms with E-state index >= 15 is 0 Å². The average molecular weight is 427 g/mol. The molecule has 148 valence electrons. The van der Waals surface area contributed by atoms with Gasteiger partial charge in [0.25, 0.3) is 5.56 Å². The van der Waals surface area contributed by atoms with Crippen LogP contribution in [0.2, 0.25) is 5.02 Å². The van der Waals surface area contributed by atoms with Gasteiger partial charge in [-0.1, -0.05) is 54.1 Å². The summed E-state index contributed by atoms with van der Waals surface area (Å²) in [4.78, 5) is 13.8. The minimum absolute atomic E-state index is 0.0462. The highest BCUT2D eigenvalue weighted by atomic mass is 35.5. The zero-order valence-electron chi connectivity index (χ0n) is 15.5. The molecule has 4 aromatic rings. The summed E-state index contributed by atoms with van der Waals surface area (Å²) in [7, 11) is 0. The molecule has 0 radical (unpaired) electrons. The third kappa shape index (κ3) is 4.41. The molecular formula is C22H19ClN2O3S. The molecule has 0 aliphatic heterocycles. The quantitative estimate of drug-likeness (QED) is 0.477. The van der Waals surface area contributed by atoms with Gasteiger partial charge in [-0.05, 0) is 29.1 Å². The molecule has 4 rings (SSSR count). The predicted molar refractivity (Wildman–Crippen MR) is 116 cm³/mol. The number of nitrogens with zero attached hydrogens (tertiary/aromatic N) is 2. The van der Waals surface area contributed by atoms with Gasteiger partial charge in [0.05, 0.1) is 36.1 Å². The number of hydrogen-bond acceptors (Lipinski definition) is 5. The average Bonchev–Trinajstić information content (AvgIpc) is 3.26. The second-order valence-electron chi connectivity index (χ2n) is 6.62. The molecule has 0 aliphatic carbocycles. The van der Waals surface area contributed by atoms with E-state index in [1.54, 1.807) is 23.5 Å². The first-order chi connectivity index (χ1) is 14.1. The molecule has 5 nitrogen and oxygen atoms in total. The molecule has 29 heavy (non-hydrogen) atoms. The maximum absolute atomic E-state index is 12.9. The molecule has 0 saturated carbocycles. The van der Waals surface area contributed by atoms with E-state index in [0.29, 0.717) is 10.4 Å². The van der Waals surface area contributed by atoms with Gasteiger partial charge in [-0.2, -0.15) is 5.10 Å². The van der Waals surface area contributed by atoms with E-state index in [4.69, 9.17) is 16.3 Å². The van der Waals surface area contributed by atoms with Crippen LogP contribution in [-0.2, 0) is 17.9 Å². The summed E-state index contributed by atoms with van der Waals surface area (Å²) in [6.45, 7) is 0.405. The molecule has 0 aliphatic rings. The van der Waals surface area contributed by atoms with Crippen LogP contribution in [0, 0.1) is 0 Å². The summed E-state index contributed by atoms with van der Waals surface area (Å²) in [6, 6.07) is 18.7. The molecule has 0 unspecified atom stereocenters. The molecule has 0 spiro atoms. The number of aromatic nitrogens is 2. The minimum atomic E-state index is -0.875. The van der Waals surface area contributed by atoms with E-state index in [0.717, 1.165) is 21.5 Å². The first-order valence-corrected chi connectivity index (χ1v) is 10.4. The van der Waals surface area contributed by atoms with Gasteiger partial charge in [0.1, 0.15) is 5.69 Å². The molecule has 7 heteroatoms. The largest absolute Gasteiger partial charge is 0.389 e. The Hall–Kier alpha value is -2.51. The highest BCUT2D eigenvalue weighted by molar-refractivity contribution is 7.13. The lowest BCUT2D eigenvalue weighted by Gasteiger charge is -2.15. The number of hydrogen-bond donors (Lipinski definition) is 1. The Labute approximate surface area is 176 Å². The van der Waals surface area contributed by atoms with Crippen molar-refractivity contribution in [1.29, 1.82) is 0 Å². The molecule has 1 atom stereocenters. The van der Waals surface area contributed by atoms with Crippen molar-refractivity contribution in [3.8, 4) is 10.6 Å². The summed E-state index contributed by atoms with van der Waals surface area (Å²) in [5.74, 6) is 0. The first kappa shape index (κ1) is 19.8. The van der Waals surface area contributed by atoms with E-state index in [-0.39, 0.29) is 25.3 Å². The van der Waals surface area contributed by atoms with Crippen LogP contribution in [0.1, 0.15) is 5.56 Å². The molecular weight excluding hydrogens is 408 g/mol. The van der Waals surface area contributed by atoms with Crippen LogP contribution in [0.4, 0.5) is 0 Å². The third-order valence-corrected chi connectivity index (χ3v) is 5.78. The van der Waals surface area contributed by atoms with Gasteiger partial charge in [0.15, 0.2) is 0 Å². The standard InChI is InChI=1S/C22H19ClN2O3S/c23-19-9-4-1-6-15(19)13-28-14-16(26)12-25-22(27)18-8-3-2-7-17(18)21(24-25)20-10-5-11-29-20/h1-11,16,26H,12-14H2/t16-/m0/s1. The van der Waals surface area contributed by atoms with Gasteiger partial charge in [0, 0.05) is 10.4 Å². The summed E-state index contributed by atoms with van der Waals surface area (Å²) < 4.78 is 6.91. The van der Waals surface area contributed by atoms with Crippen molar-refractivity contribution in [2.24, 2.45) is 0 Å². The number of benzene rings is 2. The Morgan fingerprint density at radius 1 is 1.07 bits per heavy atom. The molecule has 1 N–H and O–H groups in total. The zero-order chi connectivity index (χ0) is 20.2. The number of fused-ring (bicyclic) bond motifs is 1. The fourth-order valence-corrected chi connectivity index (χ4v) is 4.04. The molecule has 2 aromatic carbocycles. The maximum Gasteiger partial charge on any atom is 0.274 e. The van der Waals surface area contributed by atoms with Crippen molar-refractivity contribution in [3.05, 3.63) is 87.0 Å². The number of halogens is 1. The van der Waals surface area contributed by atoms with Crippen molar-refractivity contribution in [3.63, 3.8) is 0 Å². The molecule has 2 aromatic heterocycles. The SMILES string of the molecule is O=c1c2ccccc2c(-c2cccs2)nn1C[C@H](O)COCc1ccccc1Cl. The number of rotatable bonds is 7. The second kappa shape index (κ2) is 8.88. The Morgan fingerprint density at radius 3 is 2.59 bits per heavy atom. The van der Waals surface area contributed by atoms with E-state index in [1.807, 2.05) is 53.9 Å². The normalized spacial score (nSPS) is 12.3. The Morgan fingerprint density at radius 2 is 1.83 bits per heavy atom. The van der Waals surface area contributed by atoms with Gasteiger partial charge in [0.2, 0.25) is 0 Å². The highest BCUT2D eigenvalue weighted by Crippen LogP contribution is 2.28. The number of ether oxygens (including phenoxy) is 1. The van der Waals surface area contributed by atoms with Crippen molar-refractivity contribution in [1.82, 2.24) is 9.78 Å². The van der Waals surface area contributed by atoms with Crippen LogP contribution in [0.15, 0.2) is 70.8 Å². The summed E-state index contributed by atoms with van der Waals surface area (Å²) >= 11 is 7.67. The molecule has 0 bridgehead atoms. The van der Waals surface area contributed by atoms with Crippen molar-refractivity contribution in [2.45, 2.75) is 19.3 Å². The lowest BCUT2D eigenvalue weighted by molar-refractivity contribution is 0.0182. The summed E-state index contributed by atoms with van der Waals surface area (Å²) in [5.41, 5.74) is 1.35. The third-order valence-electron chi connectivity index (χ3n) is 4.53. The smallest absolute Gasteiger partial charge is 0.274 e. The minimum Gasteiger partial charge on any atom is -0.389 e. The van der Waals surface area contributed by atoms with Crippen molar-refractivity contribution >= 4 is 33.7 Å². The molecule has 0 fully saturated rings. The van der Waals surface area contributed by atoms with Crippen molar-refractivity contribution < 1.29 is 9.84 Å². The molecule has 2 heterocycles. The fourth-order valence-electron chi connectivity index (χ4n) is 3.13. The summed E-state index contributed by atoms with van der Waals surface area (Å²) in [6.07, 6.45) is -0.875. The zero-order valence-corrected chi connectivity index (χ0v) is 17.1. The molecule has 0 saturated heterocycles. The summed E-state index contributed by atoms with van der Waals surface area (Å²) in [5, 5.41) is 18.9. The fraction of sp³-hybridized carbons (Fsp3) is 0.182. The monoisotopic (exact) mass is 426 g/mol. The number of aliphatic hydroxyl groups excluding tert-OH is 1. The van der Waals surface area contributed by atoms with Gasteiger partial charge in [-0.3, -0.25) is 4.79 Å². The van der Waals surface area contributed by atoms with Gasteiger partial charge >= 0.3 is 0 Å². The first-order valence-electron chi connectivity index (χ1n) is 9.16. The van der Waals surface area contributed by atoms with Crippen molar-refractivity contribution in [2.75, 3.05) is 6.61 Å². The predicted octanol–water partition coefficient (Wildman–Crippen LogP) is 4.36. The van der Waals surface area contributed by atoms with Crippen LogP contribution >= 0.6 is 22.9 Å². The highest BCUT2D eigenvalue weighted by Gasteiger charge is 2.15. The van der Waals surface area contributed by atoms with Gasteiger partial charge in [-0.15, -0.1) is 11.3 Å². The Balaban J connectivity index is 1.54. The van der Waals surface area contributed by atoms with Gasteiger partial charge in [-0.25, -0.2) is 4.68 Å². The van der Waals surface area contributed by atoms with Crippen LogP contribution in [0.3, 0.4) is 0 Å². The Bertz CT molecular complexity index is 1170. The van der Waals surface area contributed by atoms with E-state index in [2.05, 4.69) is 5.10 Å². The maximum atomic E-state index is 12.9. The molecule has 0 amide bonds.